The van der Waals surface area contributed by atoms with Crippen molar-refractivity contribution in [1.29, 1.82) is 0 Å². The summed E-state index contributed by atoms with van der Waals surface area (Å²) in [5.41, 5.74) is 2.14. The largest absolute Gasteiger partial charge is 0.491 e. The summed E-state index contributed by atoms with van der Waals surface area (Å²) < 4.78 is 10.9. The molecular formula is C22H23NO5. The first-order valence-electron chi connectivity index (χ1n) is 9.34. The molecule has 0 saturated carbocycles. The molecule has 6 heteroatoms. The van der Waals surface area contributed by atoms with E-state index in [4.69, 9.17) is 9.47 Å². The summed E-state index contributed by atoms with van der Waals surface area (Å²) in [6.07, 6.45) is 0.113. The van der Waals surface area contributed by atoms with Gasteiger partial charge in [-0.3, -0.25) is 19.3 Å². The number of aryl methyl sites for hydroxylation is 1. The van der Waals surface area contributed by atoms with E-state index >= 15 is 0 Å². The third-order valence-electron chi connectivity index (χ3n) is 4.64. The quantitative estimate of drug-likeness (QED) is 0.568. The monoisotopic (exact) mass is 381 g/mol. The van der Waals surface area contributed by atoms with Crippen LogP contribution in [-0.4, -0.2) is 36.9 Å². The smallest absolute Gasteiger partial charge is 0.326 e. The van der Waals surface area contributed by atoms with Crippen molar-refractivity contribution in [2.45, 2.75) is 32.8 Å². The second-order valence-corrected chi connectivity index (χ2v) is 6.59. The number of para-hydroxylation sites is 2. The van der Waals surface area contributed by atoms with E-state index in [-0.39, 0.29) is 31.3 Å². The van der Waals surface area contributed by atoms with E-state index in [1.165, 1.54) is 11.8 Å². The van der Waals surface area contributed by atoms with E-state index < -0.39 is 12.1 Å². The molecule has 0 saturated heterocycles. The van der Waals surface area contributed by atoms with Gasteiger partial charge in [-0.25, -0.2) is 0 Å². The number of rotatable bonds is 6. The number of carbonyl (C=O) groups is 3. The molecule has 0 unspecified atom stereocenters. The van der Waals surface area contributed by atoms with Crippen LogP contribution in [0.5, 0.6) is 5.75 Å². The van der Waals surface area contributed by atoms with Gasteiger partial charge in [0.2, 0.25) is 11.7 Å². The van der Waals surface area contributed by atoms with E-state index in [1.807, 2.05) is 19.1 Å². The molecular weight excluding hydrogens is 358 g/mol. The molecule has 0 aromatic heterocycles. The number of amides is 1. The fraction of sp³-hybridized carbons (Fsp3) is 0.318. The lowest BCUT2D eigenvalue weighted by Gasteiger charge is -2.22. The normalized spacial score (nSPS) is 14.5. The molecule has 6 nitrogen and oxygen atoms in total. The Morgan fingerprint density at radius 3 is 2.57 bits per heavy atom. The average molecular weight is 381 g/mol. The summed E-state index contributed by atoms with van der Waals surface area (Å²) in [6.45, 7) is 3.56. The van der Waals surface area contributed by atoms with Crippen molar-refractivity contribution in [2.24, 2.45) is 0 Å². The fourth-order valence-corrected chi connectivity index (χ4v) is 3.05. The van der Waals surface area contributed by atoms with E-state index in [0.717, 1.165) is 12.0 Å². The van der Waals surface area contributed by atoms with E-state index in [1.54, 1.807) is 36.4 Å². The molecule has 0 spiro atoms. The first-order valence-corrected chi connectivity index (χ1v) is 9.34. The van der Waals surface area contributed by atoms with E-state index in [9.17, 15) is 14.4 Å². The van der Waals surface area contributed by atoms with Crippen molar-refractivity contribution in [1.82, 2.24) is 0 Å². The Morgan fingerprint density at radius 2 is 1.86 bits per heavy atom. The van der Waals surface area contributed by atoms with Gasteiger partial charge in [0.15, 0.2) is 6.10 Å². The van der Waals surface area contributed by atoms with Crippen molar-refractivity contribution in [3.63, 3.8) is 0 Å². The van der Waals surface area contributed by atoms with Gasteiger partial charge in [-0.2, -0.15) is 0 Å². The lowest BCUT2D eigenvalue weighted by Crippen LogP contribution is -2.38. The lowest BCUT2D eigenvalue weighted by molar-refractivity contribution is -0.145. The van der Waals surface area contributed by atoms with E-state index in [2.05, 4.69) is 0 Å². The van der Waals surface area contributed by atoms with Crippen molar-refractivity contribution < 1.29 is 23.9 Å². The topological polar surface area (TPSA) is 72.9 Å². The molecule has 28 heavy (non-hydrogen) atoms. The molecule has 146 valence electrons. The van der Waals surface area contributed by atoms with Crippen LogP contribution in [0.15, 0.2) is 48.5 Å². The van der Waals surface area contributed by atoms with E-state index in [0.29, 0.717) is 17.0 Å². The van der Waals surface area contributed by atoms with Gasteiger partial charge in [0.1, 0.15) is 12.3 Å². The minimum Gasteiger partial charge on any atom is -0.491 e. The number of ether oxygens (including phenoxy) is 2. The SMILES string of the molecule is CCc1ccc(C(=O)[C@H](C)OC(=O)CN2C(=O)CCOc3ccccc32)cc1. The van der Waals surface area contributed by atoms with Crippen LogP contribution >= 0.6 is 0 Å². The third-order valence-corrected chi connectivity index (χ3v) is 4.64. The number of ketones is 1. The summed E-state index contributed by atoms with van der Waals surface area (Å²) in [5.74, 6) is -0.602. The van der Waals surface area contributed by atoms with Crippen LogP contribution in [-0.2, 0) is 20.7 Å². The maximum Gasteiger partial charge on any atom is 0.326 e. The second-order valence-electron chi connectivity index (χ2n) is 6.59. The molecule has 0 fully saturated rings. The number of fused-ring (bicyclic) bond motifs is 1. The number of Topliss-reactive ketones (excluding diaryl/α,β-unsaturated/α-hetero) is 1. The predicted octanol–water partition coefficient (Wildman–Crippen LogP) is 3.18. The molecule has 1 amide bonds. The maximum absolute atomic E-state index is 12.5. The standard InChI is InChI=1S/C22H23NO5/c1-3-16-8-10-17(11-9-16)22(26)15(2)28-21(25)14-23-18-6-4-5-7-19(18)27-13-12-20(23)24/h4-11,15H,3,12-14H2,1-2H3/t15-/m0/s1. The summed E-state index contributed by atoms with van der Waals surface area (Å²) in [4.78, 5) is 38.7. The molecule has 2 aromatic rings. The zero-order chi connectivity index (χ0) is 20.1. The average Bonchev–Trinajstić information content (AvgIpc) is 2.86. The Hall–Kier alpha value is -3.15. The highest BCUT2D eigenvalue weighted by atomic mass is 16.5. The van der Waals surface area contributed by atoms with Crippen LogP contribution in [0.4, 0.5) is 5.69 Å². The predicted molar refractivity (Wildman–Crippen MR) is 105 cm³/mol. The van der Waals surface area contributed by atoms with Gasteiger partial charge < -0.3 is 9.47 Å². The summed E-state index contributed by atoms with van der Waals surface area (Å²) in [5, 5.41) is 0. The zero-order valence-corrected chi connectivity index (χ0v) is 16.0. The summed E-state index contributed by atoms with van der Waals surface area (Å²) in [6, 6.07) is 14.3. The third kappa shape index (κ3) is 4.39. The van der Waals surface area contributed by atoms with Crippen LogP contribution in [0.25, 0.3) is 0 Å². The Labute approximate surface area is 164 Å². The highest BCUT2D eigenvalue weighted by molar-refractivity contribution is 6.02. The van der Waals surface area contributed by atoms with Crippen LogP contribution in [0, 0.1) is 0 Å². The zero-order valence-electron chi connectivity index (χ0n) is 16.0. The van der Waals surface area contributed by atoms with Gasteiger partial charge >= 0.3 is 5.97 Å². The number of carbonyl (C=O) groups excluding carboxylic acids is 3. The van der Waals surface area contributed by atoms with Gasteiger partial charge in [0.25, 0.3) is 0 Å². The maximum atomic E-state index is 12.5. The molecule has 0 aliphatic carbocycles. The summed E-state index contributed by atoms with van der Waals surface area (Å²) >= 11 is 0. The van der Waals surface area contributed by atoms with Gasteiger partial charge in [-0.05, 0) is 31.0 Å². The first kappa shape index (κ1) is 19.6. The van der Waals surface area contributed by atoms with Gasteiger partial charge in [0.05, 0.1) is 18.7 Å². The molecule has 1 aliphatic rings. The number of hydrogen-bond donors (Lipinski definition) is 0. The lowest BCUT2D eigenvalue weighted by atomic mass is 10.0. The number of esters is 1. The van der Waals surface area contributed by atoms with Crippen molar-refractivity contribution in [3.05, 3.63) is 59.7 Å². The molecule has 1 aliphatic heterocycles. The van der Waals surface area contributed by atoms with Crippen LogP contribution in [0.2, 0.25) is 0 Å². The number of hydrogen-bond acceptors (Lipinski definition) is 5. The Morgan fingerprint density at radius 1 is 1.14 bits per heavy atom. The highest BCUT2D eigenvalue weighted by Gasteiger charge is 2.27. The number of anilines is 1. The number of nitrogens with zero attached hydrogens (tertiary/aromatic N) is 1. The summed E-state index contributed by atoms with van der Waals surface area (Å²) in [7, 11) is 0. The van der Waals surface area contributed by atoms with Gasteiger partial charge in [-0.1, -0.05) is 43.3 Å². The molecule has 0 radical (unpaired) electrons. The molecule has 2 aromatic carbocycles. The van der Waals surface area contributed by atoms with Crippen molar-refractivity contribution in [3.8, 4) is 5.75 Å². The minimum absolute atomic E-state index is 0.167. The minimum atomic E-state index is -0.937. The fourth-order valence-electron chi connectivity index (χ4n) is 3.05. The second kappa shape index (κ2) is 8.69. The first-order chi connectivity index (χ1) is 13.5. The Balaban J connectivity index is 1.67. The van der Waals surface area contributed by atoms with Crippen LogP contribution in [0.1, 0.15) is 36.2 Å². The van der Waals surface area contributed by atoms with Crippen molar-refractivity contribution in [2.75, 3.05) is 18.1 Å². The number of benzene rings is 2. The Kier molecular flexibility index (Phi) is 6.09. The van der Waals surface area contributed by atoms with Crippen molar-refractivity contribution >= 4 is 23.3 Å². The molecule has 0 bridgehead atoms. The van der Waals surface area contributed by atoms with Crippen LogP contribution in [0.3, 0.4) is 0 Å². The molecule has 1 atom stereocenters. The van der Waals surface area contributed by atoms with Crippen LogP contribution < -0.4 is 9.64 Å². The highest BCUT2D eigenvalue weighted by Crippen LogP contribution is 2.30. The Bertz CT molecular complexity index is 875. The molecule has 0 N–H and O–H groups in total. The van der Waals surface area contributed by atoms with Gasteiger partial charge in [0, 0.05) is 5.56 Å². The molecule has 1 heterocycles. The molecule has 3 rings (SSSR count). The van der Waals surface area contributed by atoms with Gasteiger partial charge in [-0.15, -0.1) is 0 Å².